The van der Waals surface area contributed by atoms with E-state index in [0.29, 0.717) is 24.5 Å². The first-order valence-electron chi connectivity index (χ1n) is 11.2. The van der Waals surface area contributed by atoms with Crippen molar-refractivity contribution in [2.24, 2.45) is 10.8 Å². The molecule has 1 aromatic carbocycles. The summed E-state index contributed by atoms with van der Waals surface area (Å²) in [4.78, 5) is 39.3. The molecule has 1 fully saturated rings. The minimum Gasteiger partial charge on any atom is -0.484 e. The van der Waals surface area contributed by atoms with Crippen LogP contribution in [-0.4, -0.2) is 57.2 Å². The molecule has 0 aliphatic carbocycles. The van der Waals surface area contributed by atoms with Crippen molar-refractivity contribution in [1.29, 1.82) is 0 Å². The molecule has 1 aliphatic heterocycles. The number of ether oxygens (including phenoxy) is 1. The van der Waals surface area contributed by atoms with Gasteiger partial charge in [0, 0.05) is 36.8 Å². The smallest absolute Gasteiger partial charge is 0.290 e. The molecule has 1 aliphatic rings. The minimum atomic E-state index is -0.449. The fourth-order valence-corrected chi connectivity index (χ4v) is 4.62. The van der Waals surface area contributed by atoms with Crippen LogP contribution in [0.2, 0.25) is 0 Å². The highest BCUT2D eigenvalue weighted by molar-refractivity contribution is 7.09. The second kappa shape index (κ2) is 11.0. The lowest BCUT2D eigenvalue weighted by atomic mass is 9.97. The molecule has 11 heteroatoms. The molecule has 0 radical (unpaired) electrons. The van der Waals surface area contributed by atoms with E-state index in [9.17, 15) is 9.59 Å². The largest absolute Gasteiger partial charge is 0.484 e. The van der Waals surface area contributed by atoms with Gasteiger partial charge < -0.3 is 15.4 Å². The Balaban J connectivity index is 1.26. The third kappa shape index (κ3) is 6.18. The third-order valence-electron chi connectivity index (χ3n) is 5.90. The average molecular weight is 494 g/mol. The van der Waals surface area contributed by atoms with Crippen molar-refractivity contribution in [2.75, 3.05) is 19.7 Å². The quantitative estimate of drug-likeness (QED) is 0.293. The standard InChI is InChI=1S/C24H27N7O3S/c1-15-3-4-18(11-16(15)2)34-13-21(32)31-9-5-17(6-10-31)24-28-20(14-35-24)23(33)30-29-22(25)19-12-26-7-8-27-19/h3-4,7-8,11-12,14,17H,5-6,9-10,13H2,1-2H3,(H2,25,29)(H,30,33). The van der Waals surface area contributed by atoms with Gasteiger partial charge in [-0.1, -0.05) is 6.07 Å². The van der Waals surface area contributed by atoms with Gasteiger partial charge in [-0.25, -0.2) is 15.4 Å². The fourth-order valence-electron chi connectivity index (χ4n) is 3.65. The number of thiazole rings is 1. The highest BCUT2D eigenvalue weighted by atomic mass is 32.1. The molecule has 1 saturated heterocycles. The van der Waals surface area contributed by atoms with E-state index in [0.717, 1.165) is 23.4 Å². The van der Waals surface area contributed by atoms with Gasteiger partial charge in [0.15, 0.2) is 12.4 Å². The molecule has 0 atom stereocenters. The number of nitrogens with two attached hydrogens (primary N) is 1. The van der Waals surface area contributed by atoms with Crippen LogP contribution in [0.15, 0.2) is 47.3 Å². The molecule has 35 heavy (non-hydrogen) atoms. The molecule has 4 rings (SSSR count). The zero-order chi connectivity index (χ0) is 24.8. The first-order chi connectivity index (χ1) is 16.9. The number of aryl methyl sites for hydroxylation is 2. The molecule has 0 bridgehead atoms. The maximum absolute atomic E-state index is 12.6. The second-order valence-electron chi connectivity index (χ2n) is 8.29. The number of benzene rings is 1. The van der Waals surface area contributed by atoms with E-state index in [1.165, 1.54) is 35.5 Å². The van der Waals surface area contributed by atoms with Crippen LogP contribution in [0.3, 0.4) is 0 Å². The Morgan fingerprint density at radius 1 is 1.20 bits per heavy atom. The summed E-state index contributed by atoms with van der Waals surface area (Å²) in [6.45, 7) is 5.33. The van der Waals surface area contributed by atoms with Gasteiger partial charge in [0.2, 0.25) is 0 Å². The molecule has 3 N–H and O–H groups in total. The van der Waals surface area contributed by atoms with Gasteiger partial charge in [0.1, 0.15) is 17.1 Å². The van der Waals surface area contributed by atoms with E-state index in [2.05, 4.69) is 25.5 Å². The summed E-state index contributed by atoms with van der Waals surface area (Å²) in [6.07, 6.45) is 6.03. The van der Waals surface area contributed by atoms with Crippen molar-refractivity contribution >= 4 is 29.0 Å². The number of carbonyl (C=O) groups is 2. The van der Waals surface area contributed by atoms with E-state index < -0.39 is 5.91 Å². The van der Waals surface area contributed by atoms with Gasteiger partial charge in [0.05, 0.1) is 11.2 Å². The summed E-state index contributed by atoms with van der Waals surface area (Å²) in [7, 11) is 0. The molecule has 2 amide bonds. The van der Waals surface area contributed by atoms with Crippen molar-refractivity contribution in [1.82, 2.24) is 25.3 Å². The average Bonchev–Trinajstić information content (AvgIpc) is 3.39. The predicted octanol–water partition coefficient (Wildman–Crippen LogP) is 2.39. The van der Waals surface area contributed by atoms with Crippen LogP contribution in [-0.2, 0) is 4.79 Å². The van der Waals surface area contributed by atoms with Gasteiger partial charge in [-0.05, 0) is 49.9 Å². The number of amides is 2. The monoisotopic (exact) mass is 493 g/mol. The van der Waals surface area contributed by atoms with Crippen molar-refractivity contribution in [3.05, 3.63) is 69.7 Å². The number of hydrazone groups is 1. The van der Waals surface area contributed by atoms with Crippen molar-refractivity contribution in [2.45, 2.75) is 32.6 Å². The predicted molar refractivity (Wildman–Crippen MR) is 132 cm³/mol. The Kier molecular flexibility index (Phi) is 7.66. The van der Waals surface area contributed by atoms with E-state index in [-0.39, 0.29) is 30.0 Å². The van der Waals surface area contributed by atoms with Gasteiger partial charge in [-0.15, -0.1) is 11.3 Å². The number of nitrogens with one attached hydrogen (secondary N) is 1. The van der Waals surface area contributed by atoms with E-state index >= 15 is 0 Å². The summed E-state index contributed by atoms with van der Waals surface area (Å²) in [5.74, 6) is 0.475. The van der Waals surface area contributed by atoms with Crippen LogP contribution >= 0.6 is 11.3 Å². The lowest BCUT2D eigenvalue weighted by Crippen LogP contribution is -2.40. The minimum absolute atomic E-state index is 0.0208. The Morgan fingerprint density at radius 3 is 2.71 bits per heavy atom. The zero-order valence-electron chi connectivity index (χ0n) is 19.6. The number of hydrogen-bond acceptors (Lipinski definition) is 8. The van der Waals surface area contributed by atoms with Gasteiger partial charge >= 0.3 is 0 Å². The molecule has 0 spiro atoms. The number of likely N-dealkylation sites (tertiary alicyclic amines) is 1. The fraction of sp³-hybridized carbons (Fsp3) is 0.333. The van der Waals surface area contributed by atoms with E-state index in [4.69, 9.17) is 10.5 Å². The van der Waals surface area contributed by atoms with Gasteiger partial charge in [-0.2, -0.15) is 5.10 Å². The van der Waals surface area contributed by atoms with Crippen LogP contribution in [0.25, 0.3) is 0 Å². The molecule has 3 aromatic rings. The lowest BCUT2D eigenvalue weighted by Gasteiger charge is -2.31. The summed E-state index contributed by atoms with van der Waals surface area (Å²) in [5.41, 5.74) is 11.2. The van der Waals surface area contributed by atoms with E-state index in [1.54, 1.807) is 5.38 Å². The third-order valence-corrected chi connectivity index (χ3v) is 6.90. The van der Waals surface area contributed by atoms with Crippen LogP contribution in [0.5, 0.6) is 5.75 Å². The van der Waals surface area contributed by atoms with Crippen LogP contribution in [0.4, 0.5) is 0 Å². The number of nitrogens with zero attached hydrogens (tertiary/aromatic N) is 5. The highest BCUT2D eigenvalue weighted by Gasteiger charge is 2.26. The Morgan fingerprint density at radius 2 is 2.00 bits per heavy atom. The molecular weight excluding hydrogens is 466 g/mol. The molecule has 3 heterocycles. The molecule has 10 nitrogen and oxygen atoms in total. The number of amidine groups is 1. The highest BCUT2D eigenvalue weighted by Crippen LogP contribution is 2.30. The number of carbonyl (C=O) groups excluding carboxylic acids is 2. The summed E-state index contributed by atoms with van der Waals surface area (Å²) >= 11 is 1.43. The summed E-state index contributed by atoms with van der Waals surface area (Å²) in [6, 6.07) is 5.82. The molecule has 0 saturated carbocycles. The number of rotatable bonds is 7. The van der Waals surface area contributed by atoms with Crippen LogP contribution in [0.1, 0.15) is 51.1 Å². The topological polar surface area (TPSA) is 136 Å². The first kappa shape index (κ1) is 24.3. The van der Waals surface area contributed by atoms with Crippen molar-refractivity contribution < 1.29 is 14.3 Å². The number of hydrogen-bond donors (Lipinski definition) is 2. The molecule has 0 unspecified atom stereocenters. The maximum atomic E-state index is 12.6. The van der Waals surface area contributed by atoms with Gasteiger partial charge in [0.25, 0.3) is 11.8 Å². The zero-order valence-corrected chi connectivity index (χ0v) is 20.4. The Labute approximate surface area is 207 Å². The molecule has 2 aromatic heterocycles. The van der Waals surface area contributed by atoms with Crippen molar-refractivity contribution in [3.8, 4) is 5.75 Å². The SMILES string of the molecule is Cc1ccc(OCC(=O)N2CCC(c3nc(C(=O)NN=C(N)c4cnccn4)cs3)CC2)cc1C. The van der Waals surface area contributed by atoms with Crippen molar-refractivity contribution in [3.63, 3.8) is 0 Å². The maximum Gasteiger partial charge on any atom is 0.290 e. The molecular formula is C24H27N7O3S. The summed E-state index contributed by atoms with van der Waals surface area (Å²) in [5, 5.41) is 6.45. The van der Waals surface area contributed by atoms with Crippen LogP contribution < -0.4 is 15.9 Å². The number of aromatic nitrogens is 3. The second-order valence-corrected chi connectivity index (χ2v) is 9.18. The first-order valence-corrected chi connectivity index (χ1v) is 12.1. The Bertz CT molecular complexity index is 1220. The normalized spacial score (nSPS) is 14.6. The Hall–Kier alpha value is -3.86. The van der Waals surface area contributed by atoms with E-state index in [1.807, 2.05) is 36.9 Å². The lowest BCUT2D eigenvalue weighted by molar-refractivity contribution is -0.134. The molecule has 182 valence electrons. The summed E-state index contributed by atoms with van der Waals surface area (Å²) < 4.78 is 5.69. The van der Waals surface area contributed by atoms with Crippen LogP contribution in [0, 0.1) is 13.8 Å². The van der Waals surface area contributed by atoms with Gasteiger partial charge in [-0.3, -0.25) is 14.6 Å². The number of piperidine rings is 1.